The summed E-state index contributed by atoms with van der Waals surface area (Å²) in [5, 5.41) is 18.3. The number of benzene rings is 1. The van der Waals surface area contributed by atoms with Gasteiger partial charge in [-0.25, -0.2) is 0 Å². The summed E-state index contributed by atoms with van der Waals surface area (Å²) < 4.78 is 43.1. The summed E-state index contributed by atoms with van der Waals surface area (Å²) in [5.74, 6) is -1.07. The van der Waals surface area contributed by atoms with Crippen LogP contribution in [-0.4, -0.2) is 48.4 Å². The third-order valence-electron chi connectivity index (χ3n) is 5.41. The Morgan fingerprint density at radius 3 is 2.51 bits per heavy atom. The van der Waals surface area contributed by atoms with E-state index in [9.17, 15) is 22.8 Å². The number of unbranched alkanes of at least 4 members (excludes halogenated alkanes) is 1. The number of carbonyl (C=O) groups excluding carboxylic acids is 2. The SMILES string of the molecule is NC(=O)c1cn(CCCCc2ccc(NC(=O)Cc3cc(-c4cccc(OC(F)(F)F)c4)ccn3)nn2)nn1. The number of aromatic nitrogens is 6. The molecule has 0 saturated carbocycles. The highest BCUT2D eigenvalue weighted by Gasteiger charge is 2.31. The summed E-state index contributed by atoms with van der Waals surface area (Å²) in [6.07, 6.45) is 0.325. The fourth-order valence-electron chi connectivity index (χ4n) is 3.64. The molecule has 3 heterocycles. The number of nitrogens with zero attached hydrogens (tertiary/aromatic N) is 6. The maximum absolute atomic E-state index is 12.5. The van der Waals surface area contributed by atoms with Crippen LogP contribution in [0, 0.1) is 0 Å². The van der Waals surface area contributed by atoms with Crippen molar-refractivity contribution in [2.75, 3.05) is 5.32 Å². The number of primary amides is 1. The first-order valence-electron chi connectivity index (χ1n) is 11.8. The highest BCUT2D eigenvalue weighted by molar-refractivity contribution is 5.91. The van der Waals surface area contributed by atoms with Crippen LogP contribution in [0.3, 0.4) is 0 Å². The number of ether oxygens (including phenoxy) is 1. The number of rotatable bonds is 11. The molecule has 39 heavy (non-hydrogen) atoms. The van der Waals surface area contributed by atoms with Gasteiger partial charge in [-0.05, 0) is 66.8 Å². The average molecular weight is 541 g/mol. The molecular formula is C25H23F3N8O3. The number of amides is 2. The monoisotopic (exact) mass is 540 g/mol. The molecule has 4 aromatic rings. The standard InChI is InChI=1S/C25H23F3N8O3/c26-25(27,28)39-20-6-3-4-16(13-20)17-9-10-30-19(12-17)14-23(37)31-22-8-7-18(32-34-22)5-1-2-11-36-15-21(24(29)38)33-35-36/h3-4,6-10,12-13,15H,1-2,5,11,14H2,(H2,29,38)(H,31,34,37). The van der Waals surface area contributed by atoms with Crippen LogP contribution < -0.4 is 15.8 Å². The number of hydrogen-bond acceptors (Lipinski definition) is 8. The van der Waals surface area contributed by atoms with E-state index in [0.29, 0.717) is 29.8 Å². The van der Waals surface area contributed by atoms with E-state index >= 15 is 0 Å². The number of carbonyl (C=O) groups is 2. The average Bonchev–Trinajstić information content (AvgIpc) is 3.36. The van der Waals surface area contributed by atoms with Crippen LogP contribution in [0.2, 0.25) is 0 Å². The predicted octanol–water partition coefficient (Wildman–Crippen LogP) is 3.33. The molecule has 3 aromatic heterocycles. The Balaban J connectivity index is 1.26. The fraction of sp³-hybridized carbons (Fsp3) is 0.240. The van der Waals surface area contributed by atoms with Gasteiger partial charge in [-0.1, -0.05) is 17.3 Å². The quantitative estimate of drug-likeness (QED) is 0.275. The van der Waals surface area contributed by atoms with E-state index in [2.05, 4.69) is 35.5 Å². The second-order valence-corrected chi connectivity index (χ2v) is 8.43. The number of halogens is 3. The lowest BCUT2D eigenvalue weighted by atomic mass is 10.1. The van der Waals surface area contributed by atoms with Gasteiger partial charge < -0.3 is 15.8 Å². The van der Waals surface area contributed by atoms with Crippen LogP contribution in [0.15, 0.2) is 60.9 Å². The van der Waals surface area contributed by atoms with Crippen LogP contribution in [0.4, 0.5) is 19.0 Å². The Hall–Kier alpha value is -4.88. The maximum atomic E-state index is 12.5. The summed E-state index contributed by atoms with van der Waals surface area (Å²) in [4.78, 5) is 27.7. The predicted molar refractivity (Wildman–Crippen MR) is 132 cm³/mol. The lowest BCUT2D eigenvalue weighted by Gasteiger charge is -2.10. The Bertz CT molecular complexity index is 1440. The van der Waals surface area contributed by atoms with Gasteiger partial charge in [-0.2, -0.15) is 5.10 Å². The van der Waals surface area contributed by atoms with Crippen LogP contribution >= 0.6 is 0 Å². The number of aryl methyl sites for hydroxylation is 2. The minimum Gasteiger partial charge on any atom is -0.406 e. The van der Waals surface area contributed by atoms with E-state index in [4.69, 9.17) is 5.73 Å². The molecular weight excluding hydrogens is 517 g/mol. The molecule has 1 aromatic carbocycles. The van der Waals surface area contributed by atoms with E-state index in [-0.39, 0.29) is 29.6 Å². The first-order chi connectivity index (χ1) is 18.6. The van der Waals surface area contributed by atoms with Gasteiger partial charge >= 0.3 is 6.36 Å². The second-order valence-electron chi connectivity index (χ2n) is 8.43. The van der Waals surface area contributed by atoms with Gasteiger partial charge in [0, 0.05) is 12.7 Å². The first-order valence-corrected chi connectivity index (χ1v) is 11.8. The zero-order valence-electron chi connectivity index (χ0n) is 20.4. The van der Waals surface area contributed by atoms with Crippen LogP contribution in [-0.2, 0) is 24.2 Å². The molecule has 202 valence electrons. The Morgan fingerprint density at radius 2 is 1.79 bits per heavy atom. The molecule has 2 amide bonds. The Morgan fingerprint density at radius 1 is 0.974 bits per heavy atom. The lowest BCUT2D eigenvalue weighted by Crippen LogP contribution is -2.17. The van der Waals surface area contributed by atoms with E-state index in [1.165, 1.54) is 30.6 Å². The summed E-state index contributed by atoms with van der Waals surface area (Å²) >= 11 is 0. The smallest absolute Gasteiger partial charge is 0.406 e. The van der Waals surface area contributed by atoms with Gasteiger partial charge in [0.1, 0.15) is 5.75 Å². The summed E-state index contributed by atoms with van der Waals surface area (Å²) in [6, 6.07) is 12.2. The van der Waals surface area contributed by atoms with Gasteiger partial charge in [0.25, 0.3) is 5.91 Å². The first kappa shape index (κ1) is 27.2. The largest absolute Gasteiger partial charge is 0.573 e. The van der Waals surface area contributed by atoms with Crippen LogP contribution in [0.1, 0.15) is 34.7 Å². The molecule has 0 fully saturated rings. The normalized spacial score (nSPS) is 11.3. The van der Waals surface area contributed by atoms with Crippen molar-refractivity contribution < 1.29 is 27.5 Å². The van der Waals surface area contributed by atoms with Crippen LogP contribution in [0.5, 0.6) is 5.75 Å². The molecule has 0 aliphatic rings. The number of hydrogen-bond donors (Lipinski definition) is 2. The molecule has 0 radical (unpaired) electrons. The van der Waals surface area contributed by atoms with Gasteiger partial charge in [0.15, 0.2) is 11.5 Å². The molecule has 0 aliphatic carbocycles. The highest BCUT2D eigenvalue weighted by Crippen LogP contribution is 2.28. The van der Waals surface area contributed by atoms with Crippen molar-refractivity contribution in [1.29, 1.82) is 0 Å². The molecule has 0 aliphatic heterocycles. The summed E-state index contributed by atoms with van der Waals surface area (Å²) in [5.41, 5.74) is 7.51. The fourth-order valence-corrected chi connectivity index (χ4v) is 3.64. The zero-order valence-corrected chi connectivity index (χ0v) is 20.4. The van der Waals surface area contributed by atoms with E-state index < -0.39 is 12.3 Å². The number of nitrogens with one attached hydrogen (secondary N) is 1. The molecule has 11 nitrogen and oxygen atoms in total. The Labute approximate surface area is 220 Å². The third-order valence-corrected chi connectivity index (χ3v) is 5.41. The molecule has 14 heteroatoms. The third kappa shape index (κ3) is 8.31. The molecule has 0 bridgehead atoms. The highest BCUT2D eigenvalue weighted by atomic mass is 19.4. The van der Waals surface area contributed by atoms with Gasteiger partial charge in [0.05, 0.1) is 24.0 Å². The number of nitrogens with two attached hydrogens (primary N) is 1. The maximum Gasteiger partial charge on any atom is 0.573 e. The van der Waals surface area contributed by atoms with Gasteiger partial charge in [-0.3, -0.25) is 19.3 Å². The number of pyridine rings is 1. The van der Waals surface area contributed by atoms with Crippen molar-refractivity contribution in [1.82, 2.24) is 30.2 Å². The van der Waals surface area contributed by atoms with Crippen molar-refractivity contribution in [3.63, 3.8) is 0 Å². The molecule has 0 spiro atoms. The summed E-state index contributed by atoms with van der Waals surface area (Å²) in [7, 11) is 0. The molecule has 0 saturated heterocycles. The lowest BCUT2D eigenvalue weighted by molar-refractivity contribution is -0.274. The number of anilines is 1. The molecule has 0 atom stereocenters. The Kier molecular flexibility index (Phi) is 8.43. The second kappa shape index (κ2) is 12.1. The van der Waals surface area contributed by atoms with Crippen molar-refractivity contribution >= 4 is 17.6 Å². The molecule has 3 N–H and O–H groups in total. The minimum absolute atomic E-state index is 0.0736. The van der Waals surface area contributed by atoms with Gasteiger partial charge in [0.2, 0.25) is 5.91 Å². The van der Waals surface area contributed by atoms with E-state index in [1.807, 2.05) is 0 Å². The topological polar surface area (TPSA) is 151 Å². The van der Waals surface area contributed by atoms with Crippen molar-refractivity contribution in [3.05, 3.63) is 78.0 Å². The van der Waals surface area contributed by atoms with E-state index in [1.54, 1.807) is 35.0 Å². The van der Waals surface area contributed by atoms with E-state index in [0.717, 1.165) is 18.5 Å². The molecule has 4 rings (SSSR count). The minimum atomic E-state index is -4.79. The van der Waals surface area contributed by atoms with Crippen molar-refractivity contribution in [3.8, 4) is 16.9 Å². The summed E-state index contributed by atoms with van der Waals surface area (Å²) in [6.45, 7) is 0.573. The number of alkyl halides is 3. The van der Waals surface area contributed by atoms with Crippen LogP contribution in [0.25, 0.3) is 11.1 Å². The zero-order chi connectivity index (χ0) is 27.8. The van der Waals surface area contributed by atoms with Crippen molar-refractivity contribution in [2.24, 2.45) is 5.73 Å². The van der Waals surface area contributed by atoms with Crippen molar-refractivity contribution in [2.45, 2.75) is 38.6 Å². The van der Waals surface area contributed by atoms with Gasteiger partial charge in [-0.15, -0.1) is 23.4 Å². The molecule has 0 unspecified atom stereocenters.